The highest BCUT2D eigenvalue weighted by atomic mass is 79.9. The molecule has 0 aliphatic carbocycles. The summed E-state index contributed by atoms with van der Waals surface area (Å²) in [4.78, 5) is 0. The minimum Gasteiger partial charge on any atom is -0.378 e. The molecule has 0 saturated carbocycles. The van der Waals surface area contributed by atoms with Crippen molar-refractivity contribution in [3.63, 3.8) is 0 Å². The molecule has 0 aliphatic rings. The standard InChI is InChI=1S/C13H27BrO/c1-10(2)7-11(3)15-9-12(8-14)13(4,5)6/h10-12H,7-9H2,1-6H3. The second kappa shape index (κ2) is 6.90. The Morgan fingerprint density at radius 1 is 1.13 bits per heavy atom. The number of hydrogen-bond donors (Lipinski definition) is 0. The summed E-state index contributed by atoms with van der Waals surface area (Å²) >= 11 is 3.57. The lowest BCUT2D eigenvalue weighted by atomic mass is 9.82. The smallest absolute Gasteiger partial charge is 0.0549 e. The van der Waals surface area contributed by atoms with E-state index in [1.807, 2.05) is 0 Å². The maximum Gasteiger partial charge on any atom is 0.0549 e. The molecular formula is C13H27BrO. The van der Waals surface area contributed by atoms with Crippen LogP contribution in [0.25, 0.3) is 0 Å². The Morgan fingerprint density at radius 2 is 1.67 bits per heavy atom. The van der Waals surface area contributed by atoms with Crippen molar-refractivity contribution in [1.82, 2.24) is 0 Å². The van der Waals surface area contributed by atoms with E-state index in [0.717, 1.165) is 24.3 Å². The molecule has 15 heavy (non-hydrogen) atoms. The molecule has 0 aliphatic heterocycles. The first-order valence-electron chi connectivity index (χ1n) is 5.95. The van der Waals surface area contributed by atoms with Crippen LogP contribution in [0.5, 0.6) is 0 Å². The number of ether oxygens (including phenoxy) is 1. The van der Waals surface area contributed by atoms with Crippen molar-refractivity contribution in [2.45, 2.75) is 54.1 Å². The zero-order chi connectivity index (χ0) is 12.1. The van der Waals surface area contributed by atoms with Gasteiger partial charge < -0.3 is 4.74 Å². The lowest BCUT2D eigenvalue weighted by molar-refractivity contribution is 0.00928. The Labute approximate surface area is 104 Å². The molecule has 0 N–H and O–H groups in total. The first-order valence-corrected chi connectivity index (χ1v) is 7.07. The van der Waals surface area contributed by atoms with Crippen molar-refractivity contribution in [1.29, 1.82) is 0 Å². The highest BCUT2D eigenvalue weighted by molar-refractivity contribution is 9.09. The summed E-state index contributed by atoms with van der Waals surface area (Å²) < 4.78 is 5.90. The zero-order valence-electron chi connectivity index (χ0n) is 11.1. The summed E-state index contributed by atoms with van der Waals surface area (Å²) in [6.45, 7) is 14.3. The third-order valence-electron chi connectivity index (χ3n) is 2.80. The molecule has 2 heteroatoms. The molecule has 0 heterocycles. The fourth-order valence-corrected chi connectivity index (χ4v) is 2.70. The summed E-state index contributed by atoms with van der Waals surface area (Å²) in [5, 5.41) is 1.02. The van der Waals surface area contributed by atoms with Crippen molar-refractivity contribution in [2.75, 3.05) is 11.9 Å². The number of hydrogen-bond acceptors (Lipinski definition) is 1. The Kier molecular flexibility index (Phi) is 7.10. The van der Waals surface area contributed by atoms with Gasteiger partial charge in [-0.05, 0) is 30.6 Å². The third-order valence-corrected chi connectivity index (χ3v) is 3.58. The van der Waals surface area contributed by atoms with Crippen LogP contribution in [0.15, 0.2) is 0 Å². The molecule has 0 saturated heterocycles. The van der Waals surface area contributed by atoms with Gasteiger partial charge in [0.15, 0.2) is 0 Å². The van der Waals surface area contributed by atoms with Gasteiger partial charge in [0.1, 0.15) is 0 Å². The molecule has 0 aromatic heterocycles. The molecule has 0 amide bonds. The molecule has 0 radical (unpaired) electrons. The molecule has 2 unspecified atom stereocenters. The van der Waals surface area contributed by atoms with Gasteiger partial charge in [-0.15, -0.1) is 0 Å². The van der Waals surface area contributed by atoms with Gasteiger partial charge in [-0.2, -0.15) is 0 Å². The second-order valence-electron chi connectivity index (χ2n) is 5.99. The maximum absolute atomic E-state index is 5.90. The predicted molar refractivity (Wildman–Crippen MR) is 71.6 cm³/mol. The molecule has 0 bridgehead atoms. The molecule has 1 nitrogen and oxygen atoms in total. The third kappa shape index (κ3) is 7.35. The van der Waals surface area contributed by atoms with Gasteiger partial charge in [0.05, 0.1) is 12.7 Å². The van der Waals surface area contributed by atoms with Crippen LogP contribution in [0.4, 0.5) is 0 Å². The molecule has 0 aromatic rings. The van der Waals surface area contributed by atoms with Crippen LogP contribution >= 0.6 is 15.9 Å². The topological polar surface area (TPSA) is 9.23 Å². The summed E-state index contributed by atoms with van der Waals surface area (Å²) in [7, 11) is 0. The maximum atomic E-state index is 5.90. The van der Waals surface area contributed by atoms with Gasteiger partial charge in [-0.3, -0.25) is 0 Å². The van der Waals surface area contributed by atoms with Crippen molar-refractivity contribution < 1.29 is 4.74 Å². The predicted octanol–water partition coefficient (Wildman–Crippen LogP) is 4.49. The zero-order valence-corrected chi connectivity index (χ0v) is 12.7. The van der Waals surface area contributed by atoms with Gasteiger partial charge in [-0.1, -0.05) is 50.5 Å². The van der Waals surface area contributed by atoms with E-state index in [0.29, 0.717) is 17.4 Å². The average Bonchev–Trinajstić information content (AvgIpc) is 2.01. The van der Waals surface area contributed by atoms with Crippen LogP contribution in [0.2, 0.25) is 0 Å². The van der Waals surface area contributed by atoms with Crippen LogP contribution in [-0.2, 0) is 4.74 Å². The molecule has 0 rings (SSSR count). The fourth-order valence-electron chi connectivity index (χ4n) is 1.54. The first kappa shape index (κ1) is 15.4. The Morgan fingerprint density at radius 3 is 2.00 bits per heavy atom. The number of alkyl halides is 1. The number of halogens is 1. The van der Waals surface area contributed by atoms with Gasteiger partial charge in [0, 0.05) is 5.33 Å². The van der Waals surface area contributed by atoms with E-state index in [-0.39, 0.29) is 0 Å². The second-order valence-corrected chi connectivity index (χ2v) is 6.64. The van der Waals surface area contributed by atoms with Crippen molar-refractivity contribution in [3.05, 3.63) is 0 Å². The van der Waals surface area contributed by atoms with Crippen LogP contribution < -0.4 is 0 Å². The van der Waals surface area contributed by atoms with E-state index in [1.54, 1.807) is 0 Å². The molecule has 0 spiro atoms. The SMILES string of the molecule is CC(C)CC(C)OCC(CBr)C(C)(C)C. The summed E-state index contributed by atoms with van der Waals surface area (Å²) in [6, 6.07) is 0. The average molecular weight is 279 g/mol. The van der Waals surface area contributed by atoms with Crippen LogP contribution in [0, 0.1) is 17.3 Å². The largest absolute Gasteiger partial charge is 0.378 e. The monoisotopic (exact) mass is 278 g/mol. The molecule has 92 valence electrons. The van der Waals surface area contributed by atoms with Crippen LogP contribution in [0.1, 0.15) is 48.0 Å². The van der Waals surface area contributed by atoms with Gasteiger partial charge in [0.2, 0.25) is 0 Å². The van der Waals surface area contributed by atoms with E-state index in [2.05, 4.69) is 57.5 Å². The Bertz CT molecular complexity index is 160. The van der Waals surface area contributed by atoms with E-state index >= 15 is 0 Å². The highest BCUT2D eigenvalue weighted by Gasteiger charge is 2.24. The van der Waals surface area contributed by atoms with Gasteiger partial charge in [-0.25, -0.2) is 0 Å². The van der Waals surface area contributed by atoms with E-state index in [4.69, 9.17) is 4.74 Å². The normalized spacial score (nSPS) is 16.8. The summed E-state index contributed by atoms with van der Waals surface area (Å²) in [5.74, 6) is 1.31. The van der Waals surface area contributed by atoms with Crippen molar-refractivity contribution in [3.8, 4) is 0 Å². The molecule has 0 aromatic carbocycles. The first-order chi connectivity index (χ1) is 6.77. The minimum atomic E-state index is 0.320. The Balaban J connectivity index is 3.91. The lowest BCUT2D eigenvalue weighted by Gasteiger charge is -2.30. The van der Waals surface area contributed by atoms with Crippen molar-refractivity contribution >= 4 is 15.9 Å². The quantitative estimate of drug-likeness (QED) is 0.651. The van der Waals surface area contributed by atoms with Crippen molar-refractivity contribution in [2.24, 2.45) is 17.3 Å². The van der Waals surface area contributed by atoms with Crippen LogP contribution in [-0.4, -0.2) is 18.0 Å². The van der Waals surface area contributed by atoms with E-state index in [1.165, 1.54) is 0 Å². The highest BCUT2D eigenvalue weighted by Crippen LogP contribution is 2.28. The minimum absolute atomic E-state index is 0.320. The summed E-state index contributed by atoms with van der Waals surface area (Å²) in [6.07, 6.45) is 1.54. The Hall–Kier alpha value is 0.440. The van der Waals surface area contributed by atoms with E-state index < -0.39 is 0 Å². The summed E-state index contributed by atoms with van der Waals surface area (Å²) in [5.41, 5.74) is 0.320. The van der Waals surface area contributed by atoms with Crippen LogP contribution in [0.3, 0.4) is 0 Å². The lowest BCUT2D eigenvalue weighted by Crippen LogP contribution is -2.28. The van der Waals surface area contributed by atoms with E-state index in [9.17, 15) is 0 Å². The molecule has 2 atom stereocenters. The molecule has 0 fully saturated rings. The van der Waals surface area contributed by atoms with Gasteiger partial charge >= 0.3 is 0 Å². The van der Waals surface area contributed by atoms with Gasteiger partial charge in [0.25, 0.3) is 0 Å². The molecular weight excluding hydrogens is 252 g/mol. The fraction of sp³-hybridized carbons (Fsp3) is 1.00. The number of rotatable bonds is 6.